The van der Waals surface area contributed by atoms with Crippen molar-refractivity contribution in [3.63, 3.8) is 0 Å². The van der Waals surface area contributed by atoms with Gasteiger partial charge >= 0.3 is 0 Å². The summed E-state index contributed by atoms with van der Waals surface area (Å²) < 4.78 is 4.17. The van der Waals surface area contributed by atoms with E-state index in [4.69, 9.17) is 4.98 Å². The molecule has 128 valence electrons. The summed E-state index contributed by atoms with van der Waals surface area (Å²) in [4.78, 5) is 20.5. The van der Waals surface area contributed by atoms with Crippen LogP contribution in [0.3, 0.4) is 0 Å². The molecule has 1 fully saturated rings. The highest BCUT2D eigenvalue weighted by Gasteiger charge is 2.19. The van der Waals surface area contributed by atoms with Crippen LogP contribution in [-0.2, 0) is 4.79 Å². The third kappa shape index (κ3) is 3.09. The maximum atomic E-state index is 11.5. The van der Waals surface area contributed by atoms with Gasteiger partial charge < -0.3 is 9.80 Å². The third-order valence-corrected chi connectivity index (χ3v) is 5.40. The van der Waals surface area contributed by atoms with E-state index >= 15 is 0 Å². The molecular formula is C19H20N4OS. The van der Waals surface area contributed by atoms with Crippen molar-refractivity contribution in [2.75, 3.05) is 31.1 Å². The Morgan fingerprint density at radius 3 is 2.64 bits per heavy atom. The predicted octanol–water partition coefficient (Wildman–Crippen LogP) is 3.34. The fourth-order valence-corrected chi connectivity index (χ4v) is 3.87. The van der Waals surface area contributed by atoms with Crippen LogP contribution >= 0.6 is 11.5 Å². The van der Waals surface area contributed by atoms with E-state index < -0.39 is 0 Å². The van der Waals surface area contributed by atoms with Crippen molar-refractivity contribution in [2.45, 2.75) is 13.8 Å². The lowest BCUT2D eigenvalue weighted by molar-refractivity contribution is -0.129. The van der Waals surface area contributed by atoms with Crippen LogP contribution in [0.2, 0.25) is 0 Å². The summed E-state index contributed by atoms with van der Waals surface area (Å²) in [6, 6.07) is 8.58. The largest absolute Gasteiger partial charge is 0.368 e. The first kappa shape index (κ1) is 16.0. The number of carbonyl (C=O) groups is 1. The van der Waals surface area contributed by atoms with Gasteiger partial charge in [-0.3, -0.25) is 4.79 Å². The number of aromatic nitrogens is 2. The zero-order valence-electron chi connectivity index (χ0n) is 14.4. The lowest BCUT2D eigenvalue weighted by Crippen LogP contribution is -2.48. The van der Waals surface area contributed by atoms with Gasteiger partial charge in [-0.05, 0) is 48.3 Å². The number of fused-ring (bicyclic) bond motifs is 1. The molecule has 1 aliphatic heterocycles. The fraction of sp³-hybridized carbons (Fsp3) is 0.316. The summed E-state index contributed by atoms with van der Waals surface area (Å²) in [5, 5.41) is 3.20. The van der Waals surface area contributed by atoms with Crippen molar-refractivity contribution in [3.05, 3.63) is 41.4 Å². The average molecular weight is 352 g/mol. The average Bonchev–Trinajstić information content (AvgIpc) is 3.16. The molecule has 0 unspecified atom stereocenters. The second-order valence-corrected chi connectivity index (χ2v) is 7.09. The van der Waals surface area contributed by atoms with Crippen LogP contribution in [0.15, 0.2) is 35.8 Å². The normalized spacial score (nSPS) is 15.0. The zero-order valence-corrected chi connectivity index (χ0v) is 15.2. The molecule has 1 aromatic carbocycles. The van der Waals surface area contributed by atoms with E-state index in [1.807, 2.05) is 16.5 Å². The Balaban J connectivity index is 1.64. The van der Waals surface area contributed by atoms with Crippen molar-refractivity contribution in [2.24, 2.45) is 0 Å². The van der Waals surface area contributed by atoms with Crippen molar-refractivity contribution >= 4 is 34.0 Å². The molecule has 25 heavy (non-hydrogen) atoms. The molecular weight excluding hydrogens is 332 g/mol. The Labute approximate surface area is 151 Å². The van der Waals surface area contributed by atoms with E-state index in [-0.39, 0.29) is 5.91 Å². The Hall–Kier alpha value is -2.47. The quantitative estimate of drug-likeness (QED) is 0.710. The summed E-state index contributed by atoms with van der Waals surface area (Å²) in [6.45, 7) is 7.09. The molecule has 5 nitrogen and oxygen atoms in total. The number of amides is 1. The smallest absolute Gasteiger partial charge is 0.219 e. The second kappa shape index (κ2) is 6.44. The van der Waals surface area contributed by atoms with Crippen molar-refractivity contribution in [1.82, 2.24) is 14.3 Å². The molecule has 0 spiro atoms. The van der Waals surface area contributed by atoms with Gasteiger partial charge in [0.2, 0.25) is 5.91 Å². The molecule has 2 aromatic heterocycles. The van der Waals surface area contributed by atoms with Gasteiger partial charge in [0.1, 0.15) is 0 Å². The highest BCUT2D eigenvalue weighted by Crippen LogP contribution is 2.28. The minimum Gasteiger partial charge on any atom is -0.368 e. The molecule has 3 heterocycles. The number of aryl methyl sites for hydroxylation is 1. The number of hydrogen-bond acceptors (Lipinski definition) is 5. The minimum atomic E-state index is 0.161. The highest BCUT2D eigenvalue weighted by molar-refractivity contribution is 7.03. The number of rotatable bonds is 2. The second-order valence-electron chi connectivity index (χ2n) is 6.43. The summed E-state index contributed by atoms with van der Waals surface area (Å²) >= 11 is 1.44. The molecule has 6 heteroatoms. The van der Waals surface area contributed by atoms with Crippen LogP contribution in [-0.4, -0.2) is 46.3 Å². The first-order valence-electron chi connectivity index (χ1n) is 8.43. The van der Waals surface area contributed by atoms with Gasteiger partial charge in [-0.1, -0.05) is 0 Å². The predicted molar refractivity (Wildman–Crippen MR) is 102 cm³/mol. The number of benzene rings is 1. The SMILES string of the molecule is CC(=O)N1CCN(c2ccc3nc(-c4cnsc4)cc(C)c3c2)CC1. The van der Waals surface area contributed by atoms with Crippen LogP contribution in [0.25, 0.3) is 22.2 Å². The lowest BCUT2D eigenvalue weighted by Gasteiger charge is -2.35. The number of nitrogens with zero attached hydrogens (tertiary/aromatic N) is 4. The molecule has 4 rings (SSSR count). The number of carbonyl (C=O) groups excluding carboxylic acids is 1. The number of pyridine rings is 1. The van der Waals surface area contributed by atoms with Crippen LogP contribution in [0.4, 0.5) is 5.69 Å². The van der Waals surface area contributed by atoms with E-state index in [2.05, 4.69) is 40.5 Å². The van der Waals surface area contributed by atoms with Crippen LogP contribution in [0.5, 0.6) is 0 Å². The van der Waals surface area contributed by atoms with Crippen LogP contribution in [0, 0.1) is 6.92 Å². The molecule has 0 N–H and O–H groups in total. The van der Waals surface area contributed by atoms with Gasteiger partial charge in [0, 0.05) is 55.1 Å². The van der Waals surface area contributed by atoms with E-state index in [0.717, 1.165) is 43.0 Å². The first-order valence-corrected chi connectivity index (χ1v) is 9.27. The maximum absolute atomic E-state index is 11.5. The van der Waals surface area contributed by atoms with Gasteiger partial charge in [0.15, 0.2) is 0 Å². The summed E-state index contributed by atoms with van der Waals surface area (Å²) in [5.41, 5.74) is 5.47. The Bertz CT molecular complexity index is 915. The highest BCUT2D eigenvalue weighted by atomic mass is 32.1. The minimum absolute atomic E-state index is 0.161. The van der Waals surface area contributed by atoms with Gasteiger partial charge in [0.25, 0.3) is 0 Å². The zero-order chi connectivity index (χ0) is 17.4. The molecule has 1 amide bonds. The number of anilines is 1. The maximum Gasteiger partial charge on any atom is 0.219 e. The summed E-state index contributed by atoms with van der Waals surface area (Å²) in [6.07, 6.45) is 1.86. The Kier molecular flexibility index (Phi) is 4.13. The first-order chi connectivity index (χ1) is 12.1. The van der Waals surface area contributed by atoms with E-state index in [9.17, 15) is 4.79 Å². The molecule has 0 radical (unpaired) electrons. The van der Waals surface area contributed by atoms with Crippen LogP contribution in [0.1, 0.15) is 12.5 Å². The van der Waals surface area contributed by atoms with E-state index in [1.165, 1.54) is 28.2 Å². The fourth-order valence-electron chi connectivity index (χ4n) is 3.34. The topological polar surface area (TPSA) is 49.3 Å². The third-order valence-electron chi connectivity index (χ3n) is 4.82. The Morgan fingerprint density at radius 2 is 1.96 bits per heavy atom. The van der Waals surface area contributed by atoms with Crippen molar-refractivity contribution < 1.29 is 4.79 Å². The molecule has 0 saturated carbocycles. The number of piperazine rings is 1. The molecule has 1 saturated heterocycles. The van der Waals surface area contributed by atoms with Gasteiger partial charge in [-0.25, -0.2) is 9.36 Å². The monoisotopic (exact) mass is 352 g/mol. The molecule has 0 aliphatic carbocycles. The van der Waals surface area contributed by atoms with Crippen molar-refractivity contribution in [3.8, 4) is 11.3 Å². The lowest BCUT2D eigenvalue weighted by atomic mass is 10.1. The number of hydrogen-bond donors (Lipinski definition) is 0. The molecule has 1 aliphatic rings. The molecule has 3 aromatic rings. The standard InChI is InChI=1S/C19H20N4OS/c1-13-9-19(15-11-20-25-12-15)21-18-4-3-16(10-17(13)18)23-7-5-22(6-8-23)14(2)24/h3-4,9-12H,5-8H2,1-2H3. The van der Waals surface area contributed by atoms with Crippen molar-refractivity contribution in [1.29, 1.82) is 0 Å². The van der Waals surface area contributed by atoms with Gasteiger partial charge in [0.05, 0.1) is 17.4 Å². The Morgan fingerprint density at radius 1 is 1.16 bits per heavy atom. The molecule has 0 bridgehead atoms. The van der Waals surface area contributed by atoms with Gasteiger partial charge in [-0.15, -0.1) is 0 Å². The molecule has 0 atom stereocenters. The van der Waals surface area contributed by atoms with Crippen LogP contribution < -0.4 is 4.90 Å². The van der Waals surface area contributed by atoms with E-state index in [0.29, 0.717) is 0 Å². The summed E-state index contributed by atoms with van der Waals surface area (Å²) in [7, 11) is 0. The van der Waals surface area contributed by atoms with E-state index in [1.54, 1.807) is 6.92 Å². The summed E-state index contributed by atoms with van der Waals surface area (Å²) in [5.74, 6) is 0.161. The van der Waals surface area contributed by atoms with Gasteiger partial charge in [-0.2, -0.15) is 0 Å².